The normalized spacial score (nSPS) is 15.4. The zero-order valence-electron chi connectivity index (χ0n) is 13.9. The number of aromatic nitrogens is 1. The maximum atomic E-state index is 12.8. The molecule has 1 aromatic carbocycles. The topological polar surface area (TPSA) is 55.1 Å². The van der Waals surface area contributed by atoms with E-state index in [1.165, 1.54) is 12.8 Å². The summed E-state index contributed by atoms with van der Waals surface area (Å²) in [6, 6.07) is 13.6. The first-order chi connectivity index (χ1) is 11.6. The number of benzene rings is 1. The molecular formula is C20H20N2O2. The Morgan fingerprint density at radius 1 is 1.25 bits per heavy atom. The molecule has 1 aliphatic rings. The lowest BCUT2D eigenvalue weighted by Crippen LogP contribution is -2.34. The van der Waals surface area contributed by atoms with Crippen molar-refractivity contribution < 1.29 is 9.21 Å². The highest BCUT2D eigenvalue weighted by Gasteiger charge is 2.29. The Kier molecular flexibility index (Phi) is 3.60. The lowest BCUT2D eigenvalue weighted by Gasteiger charge is -2.14. The minimum atomic E-state index is -0.0440. The maximum absolute atomic E-state index is 12.8. The van der Waals surface area contributed by atoms with Crippen molar-refractivity contribution >= 4 is 16.8 Å². The lowest BCUT2D eigenvalue weighted by atomic mass is 10.1. The van der Waals surface area contributed by atoms with E-state index in [2.05, 4.69) is 17.2 Å². The molecule has 0 unspecified atom stereocenters. The van der Waals surface area contributed by atoms with E-state index in [1.807, 2.05) is 49.4 Å². The van der Waals surface area contributed by atoms with Crippen molar-refractivity contribution in [1.82, 2.24) is 10.3 Å². The van der Waals surface area contributed by atoms with Gasteiger partial charge in [0.2, 0.25) is 0 Å². The number of fused-ring (bicyclic) bond motifs is 1. The van der Waals surface area contributed by atoms with Gasteiger partial charge in [-0.05, 0) is 56.9 Å². The number of nitrogens with one attached hydrogen (secondary N) is 1. The Bertz CT molecular complexity index is 909. The zero-order valence-corrected chi connectivity index (χ0v) is 13.9. The van der Waals surface area contributed by atoms with Gasteiger partial charge in [0.05, 0.1) is 11.1 Å². The third-order valence-electron chi connectivity index (χ3n) is 4.64. The number of hydrogen-bond donors (Lipinski definition) is 1. The number of rotatable bonds is 4. The average molecular weight is 320 g/mol. The second kappa shape index (κ2) is 5.78. The Morgan fingerprint density at radius 3 is 2.75 bits per heavy atom. The fourth-order valence-electron chi connectivity index (χ4n) is 3.06. The van der Waals surface area contributed by atoms with Crippen molar-refractivity contribution in [2.45, 2.75) is 32.7 Å². The molecule has 2 heterocycles. The summed E-state index contributed by atoms with van der Waals surface area (Å²) in [6.07, 6.45) is 2.41. The fraction of sp³-hybridized carbons (Fsp3) is 0.300. The number of para-hydroxylation sites is 1. The molecule has 122 valence electrons. The SMILES string of the molecule is Cc1ccc(-c2cc(C(=O)N[C@H](C)C3CC3)c3ccccc3n2)o1. The summed E-state index contributed by atoms with van der Waals surface area (Å²) in [5.74, 6) is 2.09. The van der Waals surface area contributed by atoms with E-state index in [-0.39, 0.29) is 11.9 Å². The molecule has 0 radical (unpaired) electrons. The van der Waals surface area contributed by atoms with Crippen LogP contribution in [-0.4, -0.2) is 16.9 Å². The van der Waals surface area contributed by atoms with Gasteiger partial charge >= 0.3 is 0 Å². The molecule has 2 aromatic heterocycles. The summed E-state index contributed by atoms with van der Waals surface area (Å²) < 4.78 is 5.69. The third kappa shape index (κ3) is 2.80. The highest BCUT2D eigenvalue weighted by molar-refractivity contribution is 6.07. The van der Waals surface area contributed by atoms with E-state index in [1.54, 1.807) is 0 Å². The van der Waals surface area contributed by atoms with Crippen LogP contribution in [0.5, 0.6) is 0 Å². The number of aryl methyl sites for hydroxylation is 1. The third-order valence-corrected chi connectivity index (χ3v) is 4.64. The van der Waals surface area contributed by atoms with Crippen LogP contribution in [0.1, 0.15) is 35.9 Å². The van der Waals surface area contributed by atoms with Crippen LogP contribution in [0, 0.1) is 12.8 Å². The number of carbonyl (C=O) groups excluding carboxylic acids is 1. The van der Waals surface area contributed by atoms with Gasteiger partial charge in [0.1, 0.15) is 11.5 Å². The number of carbonyl (C=O) groups is 1. The molecule has 1 N–H and O–H groups in total. The number of nitrogens with zero attached hydrogens (tertiary/aromatic N) is 1. The van der Waals surface area contributed by atoms with Gasteiger partial charge in [-0.25, -0.2) is 4.98 Å². The van der Waals surface area contributed by atoms with Gasteiger partial charge in [0.25, 0.3) is 5.91 Å². The predicted octanol–water partition coefficient (Wildman–Crippen LogP) is 4.33. The Balaban J connectivity index is 1.78. The first kappa shape index (κ1) is 14.9. The molecule has 0 saturated heterocycles. The highest BCUT2D eigenvalue weighted by Crippen LogP contribution is 2.33. The molecule has 0 aliphatic heterocycles. The molecule has 1 aliphatic carbocycles. The van der Waals surface area contributed by atoms with E-state index in [0.717, 1.165) is 16.7 Å². The van der Waals surface area contributed by atoms with Gasteiger partial charge in [0, 0.05) is 11.4 Å². The highest BCUT2D eigenvalue weighted by atomic mass is 16.3. The standard InChI is InChI=1S/C20H20N2O2/c1-12-7-10-19(24-12)18-11-16(15-5-3-4-6-17(15)22-18)20(23)21-13(2)14-8-9-14/h3-7,10-11,13-14H,8-9H2,1-2H3,(H,21,23)/t13-/m1/s1. The van der Waals surface area contributed by atoms with Crippen molar-refractivity contribution in [2.24, 2.45) is 5.92 Å². The molecule has 1 atom stereocenters. The molecule has 24 heavy (non-hydrogen) atoms. The number of furan rings is 1. The van der Waals surface area contributed by atoms with Gasteiger partial charge in [-0.1, -0.05) is 18.2 Å². The van der Waals surface area contributed by atoms with Crippen molar-refractivity contribution in [3.05, 3.63) is 53.8 Å². The average Bonchev–Trinajstić information content (AvgIpc) is 3.35. The number of pyridine rings is 1. The molecule has 1 fully saturated rings. The summed E-state index contributed by atoms with van der Waals surface area (Å²) in [6.45, 7) is 3.98. The monoisotopic (exact) mass is 320 g/mol. The minimum Gasteiger partial charge on any atom is -0.460 e. The second-order valence-electron chi connectivity index (χ2n) is 6.58. The van der Waals surface area contributed by atoms with Crippen LogP contribution in [0.3, 0.4) is 0 Å². The molecule has 3 aromatic rings. The summed E-state index contributed by atoms with van der Waals surface area (Å²) in [4.78, 5) is 17.5. The van der Waals surface area contributed by atoms with E-state index in [0.29, 0.717) is 22.9 Å². The van der Waals surface area contributed by atoms with Crippen LogP contribution in [0.2, 0.25) is 0 Å². The summed E-state index contributed by atoms with van der Waals surface area (Å²) in [5, 5.41) is 4.00. The van der Waals surface area contributed by atoms with Gasteiger partial charge in [0.15, 0.2) is 5.76 Å². The van der Waals surface area contributed by atoms with Crippen LogP contribution >= 0.6 is 0 Å². The van der Waals surface area contributed by atoms with E-state index < -0.39 is 0 Å². The molecule has 0 spiro atoms. The van der Waals surface area contributed by atoms with Crippen LogP contribution in [0.15, 0.2) is 46.9 Å². The van der Waals surface area contributed by atoms with E-state index >= 15 is 0 Å². The van der Waals surface area contributed by atoms with Crippen LogP contribution in [-0.2, 0) is 0 Å². The van der Waals surface area contributed by atoms with Gasteiger partial charge in [-0.15, -0.1) is 0 Å². The van der Waals surface area contributed by atoms with Crippen LogP contribution in [0.25, 0.3) is 22.4 Å². The molecule has 0 bridgehead atoms. The number of hydrogen-bond acceptors (Lipinski definition) is 3. The summed E-state index contributed by atoms with van der Waals surface area (Å²) >= 11 is 0. The largest absolute Gasteiger partial charge is 0.460 e. The van der Waals surface area contributed by atoms with Crippen molar-refractivity contribution in [1.29, 1.82) is 0 Å². The first-order valence-corrected chi connectivity index (χ1v) is 8.39. The Labute approximate surface area is 140 Å². The summed E-state index contributed by atoms with van der Waals surface area (Å²) in [5.41, 5.74) is 2.14. The zero-order chi connectivity index (χ0) is 16.7. The first-order valence-electron chi connectivity index (χ1n) is 8.39. The van der Waals surface area contributed by atoms with Gasteiger partial charge in [-0.3, -0.25) is 4.79 Å². The van der Waals surface area contributed by atoms with Crippen molar-refractivity contribution in [3.8, 4) is 11.5 Å². The Hall–Kier alpha value is -2.62. The molecule has 1 saturated carbocycles. The molecule has 4 heteroatoms. The smallest absolute Gasteiger partial charge is 0.252 e. The molecule has 4 nitrogen and oxygen atoms in total. The molecule has 1 amide bonds. The Morgan fingerprint density at radius 2 is 2.04 bits per heavy atom. The van der Waals surface area contributed by atoms with Crippen LogP contribution in [0.4, 0.5) is 0 Å². The van der Waals surface area contributed by atoms with Crippen molar-refractivity contribution in [2.75, 3.05) is 0 Å². The van der Waals surface area contributed by atoms with E-state index in [4.69, 9.17) is 4.42 Å². The fourth-order valence-corrected chi connectivity index (χ4v) is 3.06. The van der Waals surface area contributed by atoms with E-state index in [9.17, 15) is 4.79 Å². The minimum absolute atomic E-state index is 0.0440. The van der Waals surface area contributed by atoms with Gasteiger partial charge < -0.3 is 9.73 Å². The predicted molar refractivity (Wildman–Crippen MR) is 93.8 cm³/mol. The number of amides is 1. The second-order valence-corrected chi connectivity index (χ2v) is 6.58. The summed E-state index contributed by atoms with van der Waals surface area (Å²) in [7, 11) is 0. The quantitative estimate of drug-likeness (QED) is 0.778. The lowest BCUT2D eigenvalue weighted by molar-refractivity contribution is 0.0937. The van der Waals surface area contributed by atoms with Crippen molar-refractivity contribution in [3.63, 3.8) is 0 Å². The maximum Gasteiger partial charge on any atom is 0.252 e. The molecule has 4 rings (SSSR count). The van der Waals surface area contributed by atoms with Crippen LogP contribution < -0.4 is 5.32 Å². The van der Waals surface area contributed by atoms with Gasteiger partial charge in [-0.2, -0.15) is 0 Å². The molecular weight excluding hydrogens is 300 g/mol.